The van der Waals surface area contributed by atoms with Gasteiger partial charge in [-0.25, -0.2) is 0 Å². The van der Waals surface area contributed by atoms with E-state index < -0.39 is 0 Å². The minimum atomic E-state index is 0. The Kier molecular flexibility index (Phi) is 9.68. The van der Waals surface area contributed by atoms with Crippen molar-refractivity contribution < 1.29 is 9.53 Å². The summed E-state index contributed by atoms with van der Waals surface area (Å²) in [6.07, 6.45) is 2.82. The minimum absolute atomic E-state index is 0. The number of amides is 1. The Morgan fingerprint density at radius 3 is 3.00 bits per heavy atom. The van der Waals surface area contributed by atoms with Crippen LogP contribution in [-0.2, 0) is 9.53 Å². The van der Waals surface area contributed by atoms with Crippen molar-refractivity contribution in [1.82, 2.24) is 10.6 Å². The largest absolute Gasteiger partial charge is 0.381 e. The molecule has 1 atom stereocenters. The van der Waals surface area contributed by atoms with E-state index in [0.29, 0.717) is 19.6 Å². The smallest absolute Gasteiger partial charge is 0.222 e. The van der Waals surface area contributed by atoms with E-state index in [2.05, 4.69) is 10.6 Å². The van der Waals surface area contributed by atoms with Crippen LogP contribution >= 0.6 is 12.4 Å². The van der Waals surface area contributed by atoms with Crippen LogP contribution in [-0.4, -0.2) is 38.8 Å². The number of ether oxygens (including phenoxy) is 1. The lowest BCUT2D eigenvalue weighted by molar-refractivity contribution is -0.122. The number of carbonyl (C=O) groups excluding carboxylic acids is 1. The van der Waals surface area contributed by atoms with E-state index in [1.165, 1.54) is 6.42 Å². The zero-order chi connectivity index (χ0) is 10.9. The molecule has 96 valence electrons. The molecule has 0 spiro atoms. The van der Waals surface area contributed by atoms with Gasteiger partial charge in [-0.2, -0.15) is 0 Å². The fourth-order valence-corrected chi connectivity index (χ4v) is 1.77. The van der Waals surface area contributed by atoms with Gasteiger partial charge in [0.1, 0.15) is 0 Å². The van der Waals surface area contributed by atoms with Gasteiger partial charge >= 0.3 is 0 Å². The SMILES string of the molecule is CCOCCC(=O)NCCC1CCNC1.Cl. The zero-order valence-corrected chi connectivity index (χ0v) is 10.8. The number of halogens is 1. The molecular formula is C11H23ClN2O2. The van der Waals surface area contributed by atoms with Crippen molar-refractivity contribution in [3.8, 4) is 0 Å². The van der Waals surface area contributed by atoms with Gasteiger partial charge < -0.3 is 15.4 Å². The van der Waals surface area contributed by atoms with Crippen LogP contribution in [0.15, 0.2) is 0 Å². The number of nitrogens with one attached hydrogen (secondary N) is 2. The average Bonchev–Trinajstić information content (AvgIpc) is 2.71. The molecule has 1 amide bonds. The Morgan fingerprint density at radius 2 is 2.38 bits per heavy atom. The van der Waals surface area contributed by atoms with Crippen LogP contribution in [0.1, 0.15) is 26.2 Å². The van der Waals surface area contributed by atoms with Crippen molar-refractivity contribution >= 4 is 18.3 Å². The lowest BCUT2D eigenvalue weighted by Crippen LogP contribution is -2.27. The monoisotopic (exact) mass is 250 g/mol. The molecule has 0 aromatic heterocycles. The first-order valence-electron chi connectivity index (χ1n) is 5.88. The van der Waals surface area contributed by atoms with E-state index in [4.69, 9.17) is 4.74 Å². The maximum Gasteiger partial charge on any atom is 0.222 e. The third kappa shape index (κ3) is 7.04. The Morgan fingerprint density at radius 1 is 1.56 bits per heavy atom. The third-order valence-corrected chi connectivity index (χ3v) is 2.71. The highest BCUT2D eigenvalue weighted by Crippen LogP contribution is 2.10. The molecule has 0 saturated carbocycles. The Hall–Kier alpha value is -0.320. The second-order valence-electron chi connectivity index (χ2n) is 3.94. The van der Waals surface area contributed by atoms with Gasteiger partial charge in [-0.3, -0.25) is 4.79 Å². The Bertz CT molecular complexity index is 185. The topological polar surface area (TPSA) is 50.4 Å². The highest BCUT2D eigenvalue weighted by Gasteiger charge is 2.13. The van der Waals surface area contributed by atoms with E-state index in [1.54, 1.807) is 0 Å². The summed E-state index contributed by atoms with van der Waals surface area (Å²) >= 11 is 0. The molecule has 1 aliphatic rings. The Labute approximate surface area is 104 Å². The highest BCUT2D eigenvalue weighted by molar-refractivity contribution is 5.85. The fourth-order valence-electron chi connectivity index (χ4n) is 1.77. The lowest BCUT2D eigenvalue weighted by atomic mass is 10.1. The molecule has 16 heavy (non-hydrogen) atoms. The number of hydrogen-bond acceptors (Lipinski definition) is 3. The first-order chi connectivity index (χ1) is 7.33. The van der Waals surface area contributed by atoms with Crippen LogP contribution in [0.3, 0.4) is 0 Å². The molecule has 0 bridgehead atoms. The fraction of sp³-hybridized carbons (Fsp3) is 0.909. The van der Waals surface area contributed by atoms with Gasteiger partial charge in [-0.05, 0) is 38.8 Å². The second kappa shape index (κ2) is 9.87. The molecule has 5 heteroatoms. The molecule has 1 unspecified atom stereocenters. The molecule has 2 N–H and O–H groups in total. The molecule has 0 aromatic rings. The minimum Gasteiger partial charge on any atom is -0.381 e. The molecule has 1 saturated heterocycles. The van der Waals surface area contributed by atoms with Crippen molar-refractivity contribution in [1.29, 1.82) is 0 Å². The molecular weight excluding hydrogens is 228 g/mol. The van der Waals surface area contributed by atoms with Gasteiger partial charge in [0.15, 0.2) is 0 Å². The van der Waals surface area contributed by atoms with E-state index >= 15 is 0 Å². The van der Waals surface area contributed by atoms with Gasteiger partial charge in [-0.15, -0.1) is 12.4 Å². The summed E-state index contributed by atoms with van der Waals surface area (Å²) in [6, 6.07) is 0. The van der Waals surface area contributed by atoms with Crippen molar-refractivity contribution in [3.05, 3.63) is 0 Å². The van der Waals surface area contributed by atoms with Crippen LogP contribution in [0.2, 0.25) is 0 Å². The van der Waals surface area contributed by atoms with Gasteiger partial charge in [0, 0.05) is 19.6 Å². The zero-order valence-electron chi connectivity index (χ0n) is 9.96. The van der Waals surface area contributed by atoms with E-state index in [1.807, 2.05) is 6.92 Å². The molecule has 1 aliphatic heterocycles. The highest BCUT2D eigenvalue weighted by atomic mass is 35.5. The molecule has 0 aromatic carbocycles. The molecule has 4 nitrogen and oxygen atoms in total. The van der Waals surface area contributed by atoms with Crippen LogP contribution in [0.4, 0.5) is 0 Å². The normalized spacial score (nSPS) is 19.2. The molecule has 1 fully saturated rings. The Balaban J connectivity index is 0.00000225. The van der Waals surface area contributed by atoms with E-state index in [0.717, 1.165) is 32.0 Å². The van der Waals surface area contributed by atoms with Crippen LogP contribution in [0.5, 0.6) is 0 Å². The third-order valence-electron chi connectivity index (χ3n) is 2.71. The maximum absolute atomic E-state index is 11.3. The summed E-state index contributed by atoms with van der Waals surface area (Å²) in [5.74, 6) is 0.853. The van der Waals surface area contributed by atoms with Crippen LogP contribution in [0, 0.1) is 5.92 Å². The predicted octanol–water partition coefficient (Wildman–Crippen LogP) is 0.951. The van der Waals surface area contributed by atoms with Gasteiger partial charge in [-0.1, -0.05) is 0 Å². The van der Waals surface area contributed by atoms with Crippen molar-refractivity contribution in [2.45, 2.75) is 26.2 Å². The number of hydrogen-bond donors (Lipinski definition) is 2. The molecule has 0 radical (unpaired) electrons. The standard InChI is InChI=1S/C11H22N2O2.ClH/c1-2-15-8-5-11(14)13-7-4-10-3-6-12-9-10;/h10,12H,2-9H2,1H3,(H,13,14);1H. The summed E-state index contributed by atoms with van der Waals surface area (Å²) in [5, 5.41) is 6.24. The summed E-state index contributed by atoms with van der Waals surface area (Å²) < 4.78 is 5.11. The predicted molar refractivity (Wildman–Crippen MR) is 67.0 cm³/mol. The van der Waals surface area contributed by atoms with Crippen molar-refractivity contribution in [2.24, 2.45) is 5.92 Å². The maximum atomic E-state index is 11.3. The first kappa shape index (κ1) is 15.7. The average molecular weight is 251 g/mol. The second-order valence-corrected chi connectivity index (χ2v) is 3.94. The van der Waals surface area contributed by atoms with Crippen LogP contribution < -0.4 is 10.6 Å². The summed E-state index contributed by atoms with van der Waals surface area (Å²) in [7, 11) is 0. The molecule has 1 heterocycles. The molecule has 1 rings (SSSR count). The van der Waals surface area contributed by atoms with Crippen molar-refractivity contribution in [3.63, 3.8) is 0 Å². The van der Waals surface area contributed by atoms with E-state index in [9.17, 15) is 4.79 Å². The van der Waals surface area contributed by atoms with Crippen LogP contribution in [0.25, 0.3) is 0 Å². The van der Waals surface area contributed by atoms with E-state index in [-0.39, 0.29) is 18.3 Å². The van der Waals surface area contributed by atoms with Gasteiger partial charge in [0.05, 0.1) is 6.61 Å². The summed E-state index contributed by atoms with van der Waals surface area (Å²) in [6.45, 7) is 6.19. The molecule has 0 aliphatic carbocycles. The quantitative estimate of drug-likeness (QED) is 0.662. The summed E-state index contributed by atoms with van der Waals surface area (Å²) in [5.41, 5.74) is 0. The van der Waals surface area contributed by atoms with Gasteiger partial charge in [0.2, 0.25) is 5.91 Å². The first-order valence-corrected chi connectivity index (χ1v) is 5.88. The number of rotatable bonds is 7. The summed E-state index contributed by atoms with van der Waals surface area (Å²) in [4.78, 5) is 11.3. The lowest BCUT2D eigenvalue weighted by Gasteiger charge is -2.09. The van der Waals surface area contributed by atoms with Crippen molar-refractivity contribution in [2.75, 3.05) is 32.8 Å². The van der Waals surface area contributed by atoms with Gasteiger partial charge in [0.25, 0.3) is 0 Å². The number of carbonyl (C=O) groups is 1.